The number of nitrogens with two attached hydrogens (primary N) is 1. The first-order valence-corrected chi connectivity index (χ1v) is 21.4. The van der Waals surface area contributed by atoms with Gasteiger partial charge in [-0.15, -0.1) is 0 Å². The van der Waals surface area contributed by atoms with Crippen molar-refractivity contribution >= 4 is 52.2 Å². The molecule has 7 heterocycles. The van der Waals surface area contributed by atoms with Gasteiger partial charge in [0.15, 0.2) is 5.65 Å². The zero-order valence-electron chi connectivity index (χ0n) is 34.2. The number of carbonyl (C=O) groups is 5. The lowest BCUT2D eigenvalue weighted by molar-refractivity contribution is -0.136. The lowest BCUT2D eigenvalue weighted by atomic mass is 10.0. The Hall–Kier alpha value is -6.88. The number of carbonyl (C=O) groups excluding carboxylic acids is 5. The third kappa shape index (κ3) is 7.25. The minimum absolute atomic E-state index is 0.0543. The quantitative estimate of drug-likeness (QED) is 0.221. The molecule has 4 fully saturated rings. The predicted molar refractivity (Wildman–Crippen MR) is 228 cm³/mol. The molecule has 17 nitrogen and oxygen atoms in total. The van der Waals surface area contributed by atoms with Gasteiger partial charge >= 0.3 is 6.03 Å². The topological polar surface area (TPSA) is 192 Å². The normalized spacial score (nSPS) is 21.4. The molecule has 1 unspecified atom stereocenters. The zero-order chi connectivity index (χ0) is 42.5. The fourth-order valence-electron chi connectivity index (χ4n) is 9.71. The summed E-state index contributed by atoms with van der Waals surface area (Å²) in [5, 5.41) is 8.01. The van der Waals surface area contributed by atoms with Crippen molar-refractivity contribution in [2.45, 2.75) is 56.7 Å². The SMILES string of the molecule is Nc1ncnc2c1c(-c1ccc(Oc3ccccc3)cc1)nn2[C@@H]1CCCN(C(=O)N2CCC(N3CCN(c4ccc5c(c4)C(=O)N(C4CCC(=O)NC4=O)C5=O)CC3)CC2)C1. The van der Waals surface area contributed by atoms with Gasteiger partial charge in [-0.3, -0.25) is 34.3 Å². The zero-order valence-corrected chi connectivity index (χ0v) is 34.2. The fourth-order valence-corrected chi connectivity index (χ4v) is 9.71. The summed E-state index contributed by atoms with van der Waals surface area (Å²) in [5.41, 5.74) is 10.1. The van der Waals surface area contributed by atoms with Crippen LogP contribution in [0, 0.1) is 0 Å². The minimum Gasteiger partial charge on any atom is -0.457 e. The van der Waals surface area contributed by atoms with Crippen LogP contribution in [0.1, 0.15) is 65.3 Å². The summed E-state index contributed by atoms with van der Waals surface area (Å²) in [4.78, 5) is 83.4. The molecule has 5 aliphatic heterocycles. The molecule has 0 bridgehead atoms. The Morgan fingerprint density at radius 2 is 1.48 bits per heavy atom. The van der Waals surface area contributed by atoms with Crippen LogP contribution in [-0.4, -0.2) is 133 Å². The maximum atomic E-state index is 14.0. The summed E-state index contributed by atoms with van der Waals surface area (Å²) >= 11 is 0. The predicted octanol–water partition coefficient (Wildman–Crippen LogP) is 4.31. The second-order valence-electron chi connectivity index (χ2n) is 16.6. The van der Waals surface area contributed by atoms with Crippen LogP contribution in [0.5, 0.6) is 11.5 Å². The molecule has 0 radical (unpaired) electrons. The van der Waals surface area contributed by atoms with Crippen molar-refractivity contribution in [1.82, 2.24) is 44.7 Å². The first-order valence-electron chi connectivity index (χ1n) is 21.4. The average molecular weight is 838 g/mol. The van der Waals surface area contributed by atoms with Crippen LogP contribution >= 0.6 is 0 Å². The van der Waals surface area contributed by atoms with Gasteiger partial charge in [0.05, 0.1) is 22.6 Å². The Morgan fingerprint density at radius 1 is 0.742 bits per heavy atom. The van der Waals surface area contributed by atoms with Gasteiger partial charge in [0.2, 0.25) is 11.8 Å². The van der Waals surface area contributed by atoms with Crippen LogP contribution in [0.3, 0.4) is 0 Å². The third-order valence-electron chi connectivity index (χ3n) is 13.0. The Labute approximate surface area is 357 Å². The molecule has 3 N–H and O–H groups in total. The third-order valence-corrected chi connectivity index (χ3v) is 13.0. The molecule has 4 saturated heterocycles. The number of rotatable bonds is 7. The minimum atomic E-state index is -0.991. The van der Waals surface area contributed by atoms with Crippen LogP contribution in [0.2, 0.25) is 0 Å². The number of amides is 6. The summed E-state index contributed by atoms with van der Waals surface area (Å²) in [6.45, 7) is 5.72. The largest absolute Gasteiger partial charge is 0.457 e. The van der Waals surface area contributed by atoms with Gasteiger partial charge in [-0.2, -0.15) is 5.10 Å². The summed E-state index contributed by atoms with van der Waals surface area (Å²) in [6.07, 6.45) is 5.12. The number of benzene rings is 3. The van der Waals surface area contributed by atoms with Gasteiger partial charge in [0.25, 0.3) is 11.8 Å². The number of para-hydroxylation sites is 1. The Bertz CT molecular complexity index is 2570. The number of piperidine rings is 3. The van der Waals surface area contributed by atoms with Gasteiger partial charge in [0.1, 0.15) is 35.4 Å². The number of anilines is 2. The Morgan fingerprint density at radius 3 is 2.24 bits per heavy atom. The smallest absolute Gasteiger partial charge is 0.320 e. The fraction of sp³-hybridized carbons (Fsp3) is 0.378. The van der Waals surface area contributed by atoms with Crippen LogP contribution in [0.4, 0.5) is 16.3 Å². The molecule has 5 aromatic rings. The highest BCUT2D eigenvalue weighted by Crippen LogP contribution is 2.36. The highest BCUT2D eigenvalue weighted by atomic mass is 16.5. The summed E-state index contributed by atoms with van der Waals surface area (Å²) < 4.78 is 7.93. The van der Waals surface area contributed by atoms with Gasteiger partial charge in [-0.05, 0) is 86.7 Å². The van der Waals surface area contributed by atoms with E-state index in [1.54, 1.807) is 12.1 Å². The molecule has 0 aliphatic carbocycles. The van der Waals surface area contributed by atoms with E-state index >= 15 is 0 Å². The van der Waals surface area contributed by atoms with E-state index in [0.29, 0.717) is 60.5 Å². The number of imide groups is 2. The highest BCUT2D eigenvalue weighted by Gasteiger charge is 2.45. The van der Waals surface area contributed by atoms with E-state index in [9.17, 15) is 24.0 Å². The number of aromatic nitrogens is 4. The van der Waals surface area contributed by atoms with Gasteiger partial charge in [-0.1, -0.05) is 18.2 Å². The number of hydrogen-bond acceptors (Lipinski definition) is 12. The van der Waals surface area contributed by atoms with Gasteiger partial charge in [-0.25, -0.2) is 19.4 Å². The van der Waals surface area contributed by atoms with Crippen molar-refractivity contribution in [3.05, 3.63) is 90.3 Å². The standard InChI is InChI=1S/C45H47N11O6/c46-40-38-39(28-8-11-33(12-9-28)62-32-6-2-1-3-7-32)50-56(41(38)48-27-47-40)31-5-4-18-54(26-31)45(61)53-19-16-29(17-20-53)51-21-23-52(24-22-51)30-10-13-34-35(25-30)44(60)55(43(34)59)36-14-15-37(57)49-42(36)58/h1-3,6-13,25,27,29,31,36H,4-5,14-24,26H2,(H2,46,47,48)(H,49,57,58)/t31-,36?/m1/s1. The van der Waals surface area contributed by atoms with Crippen LogP contribution < -0.4 is 20.7 Å². The van der Waals surface area contributed by atoms with E-state index in [-0.39, 0.29) is 36.0 Å². The number of hydrogen-bond donors (Lipinski definition) is 2. The number of piperazine rings is 1. The molecular weight excluding hydrogens is 791 g/mol. The molecule has 6 amide bonds. The number of urea groups is 1. The molecule has 2 atom stereocenters. The average Bonchev–Trinajstić information content (AvgIpc) is 3.82. The Balaban J connectivity index is 0.745. The van der Waals surface area contributed by atoms with Crippen LogP contribution in [0.15, 0.2) is 79.1 Å². The lowest BCUT2D eigenvalue weighted by Gasteiger charge is -2.44. The number of nitrogens with zero attached hydrogens (tertiary/aromatic N) is 9. The van der Waals surface area contributed by atoms with Crippen molar-refractivity contribution in [3.8, 4) is 22.8 Å². The number of ether oxygens (including phenoxy) is 1. The van der Waals surface area contributed by atoms with Crippen molar-refractivity contribution in [1.29, 1.82) is 0 Å². The van der Waals surface area contributed by atoms with Gasteiger partial charge in [0, 0.05) is 76.1 Å². The monoisotopic (exact) mass is 837 g/mol. The van der Waals surface area contributed by atoms with Crippen LogP contribution in [0.25, 0.3) is 22.3 Å². The first kappa shape index (κ1) is 39.3. The van der Waals surface area contributed by atoms with Crippen molar-refractivity contribution < 1.29 is 28.7 Å². The molecule has 62 heavy (non-hydrogen) atoms. The van der Waals surface area contributed by atoms with E-state index in [2.05, 4.69) is 25.1 Å². The summed E-state index contributed by atoms with van der Waals surface area (Å²) in [5.74, 6) is -0.215. The van der Waals surface area contributed by atoms with Crippen molar-refractivity contribution in [2.24, 2.45) is 0 Å². The number of nitrogens with one attached hydrogen (secondary N) is 1. The van der Waals surface area contributed by atoms with E-state index in [4.69, 9.17) is 15.6 Å². The molecule has 10 rings (SSSR count). The Kier molecular flexibility index (Phi) is 10.3. The first-order chi connectivity index (χ1) is 30.2. The van der Waals surface area contributed by atoms with E-state index in [1.165, 1.54) is 6.33 Å². The molecule has 0 saturated carbocycles. The summed E-state index contributed by atoms with van der Waals surface area (Å²) in [7, 11) is 0. The second-order valence-corrected chi connectivity index (χ2v) is 16.6. The van der Waals surface area contributed by atoms with E-state index in [0.717, 1.165) is 73.8 Å². The van der Waals surface area contributed by atoms with Crippen molar-refractivity contribution in [2.75, 3.05) is 63.0 Å². The maximum absolute atomic E-state index is 14.0. The molecule has 318 valence electrons. The molecule has 5 aliphatic rings. The molecule has 17 heteroatoms. The number of fused-ring (bicyclic) bond motifs is 2. The molecular formula is C45H47N11O6. The van der Waals surface area contributed by atoms with E-state index in [1.807, 2.05) is 75.1 Å². The summed E-state index contributed by atoms with van der Waals surface area (Å²) in [6, 6.07) is 22.0. The number of likely N-dealkylation sites (tertiary alicyclic amines) is 2. The van der Waals surface area contributed by atoms with Gasteiger partial charge < -0.3 is 25.2 Å². The number of nitrogen functional groups attached to an aromatic ring is 1. The highest BCUT2D eigenvalue weighted by molar-refractivity contribution is 6.23. The van der Waals surface area contributed by atoms with E-state index < -0.39 is 29.7 Å². The van der Waals surface area contributed by atoms with Crippen LogP contribution in [-0.2, 0) is 9.59 Å². The molecule has 3 aromatic carbocycles. The van der Waals surface area contributed by atoms with Crippen molar-refractivity contribution in [3.63, 3.8) is 0 Å². The molecule has 2 aromatic heterocycles. The molecule has 0 spiro atoms. The lowest BCUT2D eigenvalue weighted by Crippen LogP contribution is -2.55. The maximum Gasteiger partial charge on any atom is 0.320 e. The second kappa shape index (κ2) is 16.2.